The number of thiazole rings is 1. The van der Waals surface area contributed by atoms with Gasteiger partial charge in [0.05, 0.1) is 28.9 Å². The number of anilines is 1. The summed E-state index contributed by atoms with van der Waals surface area (Å²) in [7, 11) is 1.55. The molecule has 1 saturated heterocycles. The monoisotopic (exact) mass is 456 g/mol. The molecule has 1 fully saturated rings. The Balaban J connectivity index is 1.74. The Morgan fingerprint density at radius 2 is 1.79 bits per heavy atom. The molecule has 0 aliphatic carbocycles. The predicted molar refractivity (Wildman–Crippen MR) is 129 cm³/mol. The Morgan fingerprint density at radius 1 is 1.03 bits per heavy atom. The maximum atomic E-state index is 13.3. The minimum Gasteiger partial charge on any atom is -0.507 e. The second-order valence-electron chi connectivity index (χ2n) is 7.78. The third kappa shape index (κ3) is 3.56. The van der Waals surface area contributed by atoms with Crippen LogP contribution in [0.25, 0.3) is 16.0 Å². The third-order valence-electron chi connectivity index (χ3n) is 5.67. The molecule has 0 bridgehead atoms. The van der Waals surface area contributed by atoms with Crippen LogP contribution in [0.1, 0.15) is 22.7 Å². The quantitative estimate of drug-likeness (QED) is 0.258. The van der Waals surface area contributed by atoms with Gasteiger partial charge in [-0.1, -0.05) is 65.4 Å². The number of ether oxygens (including phenoxy) is 1. The van der Waals surface area contributed by atoms with Crippen molar-refractivity contribution >= 4 is 44.1 Å². The number of hydrogen-bond acceptors (Lipinski definition) is 6. The van der Waals surface area contributed by atoms with E-state index in [-0.39, 0.29) is 11.3 Å². The van der Waals surface area contributed by atoms with E-state index < -0.39 is 17.7 Å². The minimum atomic E-state index is -0.845. The molecule has 1 aromatic heterocycles. The summed E-state index contributed by atoms with van der Waals surface area (Å²) in [5.74, 6) is -1.11. The second kappa shape index (κ2) is 8.18. The van der Waals surface area contributed by atoms with Gasteiger partial charge in [-0.2, -0.15) is 0 Å². The Kier molecular flexibility index (Phi) is 5.18. The lowest BCUT2D eigenvalue weighted by atomic mass is 9.95. The zero-order valence-electron chi connectivity index (χ0n) is 18.0. The van der Waals surface area contributed by atoms with E-state index >= 15 is 0 Å². The fraction of sp³-hybridized carbons (Fsp3) is 0.115. The number of amides is 1. The van der Waals surface area contributed by atoms with Crippen LogP contribution in [0.2, 0.25) is 0 Å². The van der Waals surface area contributed by atoms with Crippen molar-refractivity contribution in [2.24, 2.45) is 0 Å². The molecule has 1 aliphatic rings. The summed E-state index contributed by atoms with van der Waals surface area (Å²) < 4.78 is 6.27. The van der Waals surface area contributed by atoms with Gasteiger partial charge >= 0.3 is 5.91 Å². The number of para-hydroxylation sites is 1. The molecule has 4 aromatic rings. The zero-order valence-corrected chi connectivity index (χ0v) is 18.8. The highest BCUT2D eigenvalue weighted by molar-refractivity contribution is 7.22. The van der Waals surface area contributed by atoms with Gasteiger partial charge in [0.1, 0.15) is 11.5 Å². The summed E-state index contributed by atoms with van der Waals surface area (Å²) in [6.07, 6.45) is 0. The standard InChI is InChI=1S/C26H20N2O4S/c1-15-10-12-16(13-11-15)23(29)21-22(17-6-5-7-18(14-17)32-2)28(25(31)24(21)30)26-27-19-8-3-4-9-20(19)33-26/h3-14,22,29H,1-2H3/b23-21+. The number of aliphatic hydroxyl groups is 1. The normalized spacial score (nSPS) is 17.6. The predicted octanol–water partition coefficient (Wildman–Crippen LogP) is 5.24. The summed E-state index contributed by atoms with van der Waals surface area (Å²) in [6, 6.07) is 21.0. The molecule has 2 heterocycles. The van der Waals surface area contributed by atoms with Crippen molar-refractivity contribution in [2.75, 3.05) is 12.0 Å². The van der Waals surface area contributed by atoms with E-state index in [1.807, 2.05) is 49.4 Å². The molecule has 1 aliphatic heterocycles. The second-order valence-corrected chi connectivity index (χ2v) is 8.79. The summed E-state index contributed by atoms with van der Waals surface area (Å²) >= 11 is 1.33. The Labute approximate surface area is 194 Å². The summed E-state index contributed by atoms with van der Waals surface area (Å²) in [6.45, 7) is 1.94. The van der Waals surface area contributed by atoms with Gasteiger partial charge < -0.3 is 9.84 Å². The number of rotatable bonds is 4. The van der Waals surface area contributed by atoms with E-state index in [1.165, 1.54) is 16.2 Å². The lowest BCUT2D eigenvalue weighted by Gasteiger charge is -2.23. The molecule has 1 atom stereocenters. The van der Waals surface area contributed by atoms with Crippen LogP contribution in [-0.2, 0) is 9.59 Å². The molecule has 1 amide bonds. The van der Waals surface area contributed by atoms with Gasteiger partial charge in [-0.05, 0) is 36.8 Å². The smallest absolute Gasteiger partial charge is 0.301 e. The number of aryl methyl sites for hydroxylation is 1. The number of Topliss-reactive ketones (excluding diaryl/α,β-unsaturated/α-hetero) is 1. The third-order valence-corrected chi connectivity index (χ3v) is 6.70. The maximum absolute atomic E-state index is 13.3. The largest absolute Gasteiger partial charge is 0.507 e. The average Bonchev–Trinajstić information content (AvgIpc) is 3.37. The van der Waals surface area contributed by atoms with E-state index in [2.05, 4.69) is 4.98 Å². The molecule has 7 heteroatoms. The Bertz CT molecular complexity index is 1390. The van der Waals surface area contributed by atoms with E-state index in [4.69, 9.17) is 4.74 Å². The first-order valence-corrected chi connectivity index (χ1v) is 11.2. The van der Waals surface area contributed by atoms with E-state index in [0.29, 0.717) is 22.0 Å². The highest BCUT2D eigenvalue weighted by Gasteiger charge is 2.48. The van der Waals surface area contributed by atoms with Crippen LogP contribution >= 0.6 is 11.3 Å². The number of methoxy groups -OCH3 is 1. The van der Waals surface area contributed by atoms with Crippen molar-refractivity contribution in [3.8, 4) is 5.75 Å². The van der Waals surface area contributed by atoms with Crippen molar-refractivity contribution in [1.82, 2.24) is 4.98 Å². The summed E-state index contributed by atoms with van der Waals surface area (Å²) in [4.78, 5) is 32.5. The average molecular weight is 457 g/mol. The van der Waals surface area contributed by atoms with Gasteiger partial charge in [0.25, 0.3) is 5.78 Å². The van der Waals surface area contributed by atoms with Crippen molar-refractivity contribution in [3.63, 3.8) is 0 Å². The molecule has 164 valence electrons. The van der Waals surface area contributed by atoms with Gasteiger partial charge in [-0.15, -0.1) is 0 Å². The Hall–Kier alpha value is -3.97. The molecule has 6 nitrogen and oxygen atoms in total. The number of fused-ring (bicyclic) bond motifs is 1. The number of carbonyl (C=O) groups is 2. The van der Waals surface area contributed by atoms with Crippen molar-refractivity contribution < 1.29 is 19.4 Å². The van der Waals surface area contributed by atoms with Crippen LogP contribution in [-0.4, -0.2) is 28.9 Å². The van der Waals surface area contributed by atoms with Crippen LogP contribution in [0.15, 0.2) is 78.4 Å². The van der Waals surface area contributed by atoms with Crippen LogP contribution in [0.5, 0.6) is 5.75 Å². The number of nitrogens with zero attached hydrogens (tertiary/aromatic N) is 2. The van der Waals surface area contributed by atoms with Gasteiger partial charge in [-0.25, -0.2) is 4.98 Å². The molecule has 5 rings (SSSR count). The van der Waals surface area contributed by atoms with E-state index in [9.17, 15) is 14.7 Å². The zero-order chi connectivity index (χ0) is 23.1. The van der Waals surface area contributed by atoms with Crippen molar-refractivity contribution in [3.05, 3.63) is 95.1 Å². The molecule has 0 radical (unpaired) electrons. The number of ketones is 1. The highest BCUT2D eigenvalue weighted by Crippen LogP contribution is 2.44. The van der Waals surface area contributed by atoms with E-state index in [0.717, 1.165) is 15.8 Å². The molecular weight excluding hydrogens is 436 g/mol. The molecule has 33 heavy (non-hydrogen) atoms. The summed E-state index contributed by atoms with van der Waals surface area (Å²) in [5.41, 5.74) is 2.89. The number of aromatic nitrogens is 1. The maximum Gasteiger partial charge on any atom is 0.301 e. The fourth-order valence-electron chi connectivity index (χ4n) is 3.99. The SMILES string of the molecule is COc1cccc(C2/C(=C(\O)c3ccc(C)cc3)C(=O)C(=O)N2c2nc3ccccc3s2)c1. The summed E-state index contributed by atoms with van der Waals surface area (Å²) in [5, 5.41) is 11.6. The minimum absolute atomic E-state index is 0.0244. The highest BCUT2D eigenvalue weighted by atomic mass is 32.1. The molecular formula is C26H20N2O4S. The molecule has 1 N–H and O–H groups in total. The lowest BCUT2D eigenvalue weighted by molar-refractivity contribution is -0.132. The van der Waals surface area contributed by atoms with Gasteiger partial charge in [0, 0.05) is 5.56 Å². The van der Waals surface area contributed by atoms with Crippen LogP contribution in [0, 0.1) is 6.92 Å². The van der Waals surface area contributed by atoms with Gasteiger partial charge in [0.2, 0.25) is 0 Å². The first-order valence-electron chi connectivity index (χ1n) is 10.4. The van der Waals surface area contributed by atoms with Crippen LogP contribution in [0.4, 0.5) is 5.13 Å². The molecule has 1 unspecified atom stereocenters. The number of hydrogen-bond donors (Lipinski definition) is 1. The number of benzene rings is 3. The van der Waals surface area contributed by atoms with Crippen LogP contribution in [0.3, 0.4) is 0 Å². The van der Waals surface area contributed by atoms with Crippen LogP contribution < -0.4 is 9.64 Å². The lowest BCUT2D eigenvalue weighted by Crippen LogP contribution is -2.29. The van der Waals surface area contributed by atoms with Gasteiger partial charge in [-0.3, -0.25) is 14.5 Å². The number of aliphatic hydroxyl groups excluding tert-OH is 1. The first kappa shape index (κ1) is 20.9. The molecule has 0 saturated carbocycles. The molecule has 3 aromatic carbocycles. The topological polar surface area (TPSA) is 79.7 Å². The first-order chi connectivity index (χ1) is 16.0. The van der Waals surface area contributed by atoms with Crippen molar-refractivity contribution in [1.29, 1.82) is 0 Å². The number of carbonyl (C=O) groups excluding carboxylic acids is 2. The molecule has 0 spiro atoms. The van der Waals surface area contributed by atoms with Gasteiger partial charge in [0.15, 0.2) is 5.13 Å². The fourth-order valence-corrected chi connectivity index (χ4v) is 4.98. The van der Waals surface area contributed by atoms with Crippen molar-refractivity contribution in [2.45, 2.75) is 13.0 Å². The van der Waals surface area contributed by atoms with E-state index in [1.54, 1.807) is 37.4 Å². The Morgan fingerprint density at radius 3 is 2.52 bits per heavy atom.